The summed E-state index contributed by atoms with van der Waals surface area (Å²) in [5.74, 6) is 0. The van der Waals surface area contributed by atoms with E-state index in [0.717, 1.165) is 26.2 Å². The van der Waals surface area contributed by atoms with Crippen molar-refractivity contribution in [2.75, 3.05) is 26.2 Å². The summed E-state index contributed by atoms with van der Waals surface area (Å²) in [4.78, 5) is 0. The fourth-order valence-corrected chi connectivity index (χ4v) is 0.604. The van der Waals surface area contributed by atoms with E-state index < -0.39 is 0 Å². The molecule has 1 saturated heterocycles. The Labute approximate surface area is 60.9 Å². The lowest BCUT2D eigenvalue weighted by molar-refractivity contribution is 0.534. The average Bonchev–Trinajstić information content (AvgIpc) is 1.72. The van der Waals surface area contributed by atoms with Gasteiger partial charge in [0.25, 0.3) is 0 Å². The van der Waals surface area contributed by atoms with Gasteiger partial charge in [-0.3, -0.25) is 0 Å². The van der Waals surface area contributed by atoms with Crippen molar-refractivity contribution in [3.05, 3.63) is 0 Å². The molecule has 1 heterocycles. The first-order chi connectivity index (χ1) is 3.00. The molecule has 0 aromatic carbocycles. The zero-order valence-corrected chi connectivity index (χ0v) is 7.45. The Bertz CT molecular complexity index is 29.5. The number of nitrogens with one attached hydrogen (secondary N) is 2. The van der Waals surface area contributed by atoms with Gasteiger partial charge in [0.1, 0.15) is 0 Å². The van der Waals surface area contributed by atoms with Crippen LogP contribution in [0.1, 0.15) is 0 Å². The van der Waals surface area contributed by atoms with Gasteiger partial charge in [0.05, 0.1) is 0 Å². The van der Waals surface area contributed by atoms with Crippen molar-refractivity contribution < 1.29 is 0 Å². The van der Waals surface area contributed by atoms with Gasteiger partial charge in [0.15, 0.2) is 0 Å². The fourth-order valence-electron chi connectivity index (χ4n) is 0.604. The molecule has 1 unspecified atom stereocenters. The number of rotatable bonds is 0. The van der Waals surface area contributed by atoms with Gasteiger partial charge < -0.3 is 10.6 Å². The van der Waals surface area contributed by atoms with Crippen molar-refractivity contribution in [1.82, 2.24) is 10.6 Å². The first kappa shape index (κ1) is 11.5. The second-order valence-corrected chi connectivity index (χ2v) is 1.50. The van der Waals surface area contributed by atoms with Crippen molar-refractivity contribution in [3.63, 3.8) is 0 Å². The predicted molar refractivity (Wildman–Crippen MR) is 47.2 cm³/mol. The maximum absolute atomic E-state index is 3.22. The molecule has 0 aromatic heterocycles. The molecular weight excluding hydrogens is 139 g/mol. The molecule has 0 bridgehead atoms. The van der Waals surface area contributed by atoms with Crippen LogP contribution in [0.2, 0.25) is 0 Å². The minimum Gasteiger partial charge on any atom is -0.314 e. The van der Waals surface area contributed by atoms with E-state index in [2.05, 4.69) is 10.6 Å². The van der Waals surface area contributed by atoms with Crippen molar-refractivity contribution in [3.8, 4) is 0 Å². The highest BCUT2D eigenvalue weighted by atomic mass is 32.1. The molecular formula is C4H15N2PS. The fraction of sp³-hybridized carbons (Fsp3) is 1.00. The molecule has 1 atom stereocenters. The summed E-state index contributed by atoms with van der Waals surface area (Å²) in [6, 6.07) is 0. The van der Waals surface area contributed by atoms with E-state index in [1.165, 1.54) is 0 Å². The van der Waals surface area contributed by atoms with E-state index >= 15 is 0 Å². The predicted octanol–water partition coefficient (Wildman–Crippen LogP) is -0.650. The summed E-state index contributed by atoms with van der Waals surface area (Å²) in [5.41, 5.74) is 0. The van der Waals surface area contributed by atoms with Gasteiger partial charge in [-0.25, -0.2) is 0 Å². The summed E-state index contributed by atoms with van der Waals surface area (Å²) in [6.45, 7) is 4.56. The summed E-state index contributed by atoms with van der Waals surface area (Å²) < 4.78 is 0. The van der Waals surface area contributed by atoms with Crippen molar-refractivity contribution in [2.45, 2.75) is 0 Å². The summed E-state index contributed by atoms with van der Waals surface area (Å²) >= 11 is 0. The van der Waals surface area contributed by atoms with E-state index in [9.17, 15) is 0 Å². The first-order valence-corrected chi connectivity index (χ1v) is 2.41. The minimum absolute atomic E-state index is 0. The molecule has 0 saturated carbocycles. The van der Waals surface area contributed by atoms with Crippen LogP contribution in [-0.4, -0.2) is 26.2 Å². The standard InChI is InChI=1S/C4H10N2.H3P.H2S/c1-2-6-4-3-5-1;;/h5-6H,1-4H2;1H3;1H2. The van der Waals surface area contributed by atoms with Gasteiger partial charge in [0, 0.05) is 26.2 Å². The average molecular weight is 154 g/mol. The molecule has 0 radical (unpaired) electrons. The van der Waals surface area contributed by atoms with Crippen LogP contribution in [-0.2, 0) is 0 Å². The highest BCUT2D eigenvalue weighted by Gasteiger charge is 1.91. The van der Waals surface area contributed by atoms with E-state index in [0.29, 0.717) is 0 Å². The van der Waals surface area contributed by atoms with Crippen LogP contribution in [0.25, 0.3) is 0 Å². The lowest BCUT2D eigenvalue weighted by Gasteiger charge is -2.11. The van der Waals surface area contributed by atoms with Gasteiger partial charge in [-0.05, 0) is 0 Å². The first-order valence-electron chi connectivity index (χ1n) is 2.41. The summed E-state index contributed by atoms with van der Waals surface area (Å²) in [7, 11) is 0. The maximum atomic E-state index is 3.22. The van der Waals surface area contributed by atoms with E-state index in [1.54, 1.807) is 0 Å². The SMILES string of the molecule is C1CNCCN1.P.S. The molecule has 1 aliphatic rings. The Morgan fingerprint density at radius 1 is 0.750 bits per heavy atom. The second-order valence-electron chi connectivity index (χ2n) is 1.50. The van der Waals surface area contributed by atoms with Gasteiger partial charge in [-0.1, -0.05) is 0 Å². The molecule has 1 fully saturated rings. The summed E-state index contributed by atoms with van der Waals surface area (Å²) in [5, 5.41) is 6.44. The molecule has 1 aliphatic heterocycles. The molecule has 0 aromatic rings. The molecule has 8 heavy (non-hydrogen) atoms. The lowest BCUT2D eigenvalue weighted by Crippen LogP contribution is -2.39. The van der Waals surface area contributed by atoms with Crippen LogP contribution >= 0.6 is 23.4 Å². The Kier molecular flexibility index (Phi) is 11.1. The van der Waals surface area contributed by atoms with Crippen molar-refractivity contribution in [2.24, 2.45) is 0 Å². The van der Waals surface area contributed by atoms with Crippen LogP contribution in [0.3, 0.4) is 0 Å². The summed E-state index contributed by atoms with van der Waals surface area (Å²) in [6.07, 6.45) is 0. The Balaban J connectivity index is 0. The molecule has 0 spiro atoms. The second kappa shape index (κ2) is 7.70. The quantitative estimate of drug-likeness (QED) is 0.453. The Morgan fingerprint density at radius 3 is 1.12 bits per heavy atom. The minimum atomic E-state index is 0. The van der Waals surface area contributed by atoms with Gasteiger partial charge >= 0.3 is 0 Å². The molecule has 4 heteroatoms. The van der Waals surface area contributed by atoms with E-state index in [-0.39, 0.29) is 23.4 Å². The zero-order valence-electron chi connectivity index (χ0n) is 5.04. The third kappa shape index (κ3) is 4.85. The lowest BCUT2D eigenvalue weighted by atomic mass is 10.4. The molecule has 2 N–H and O–H groups in total. The largest absolute Gasteiger partial charge is 0.314 e. The molecule has 0 aliphatic carbocycles. The molecule has 1 rings (SSSR count). The topological polar surface area (TPSA) is 24.1 Å². The van der Waals surface area contributed by atoms with Crippen molar-refractivity contribution in [1.29, 1.82) is 0 Å². The van der Waals surface area contributed by atoms with Gasteiger partial charge in [0.2, 0.25) is 0 Å². The number of hydrogen-bond acceptors (Lipinski definition) is 2. The normalized spacial score (nSPS) is 18.0. The molecule has 52 valence electrons. The van der Waals surface area contributed by atoms with E-state index in [4.69, 9.17) is 0 Å². The monoisotopic (exact) mass is 154 g/mol. The van der Waals surface area contributed by atoms with Crippen molar-refractivity contribution >= 4 is 23.4 Å². The van der Waals surface area contributed by atoms with Crippen LogP contribution in [0.4, 0.5) is 0 Å². The van der Waals surface area contributed by atoms with Crippen LogP contribution in [0.15, 0.2) is 0 Å². The Morgan fingerprint density at radius 2 is 1.00 bits per heavy atom. The third-order valence-electron chi connectivity index (χ3n) is 0.957. The van der Waals surface area contributed by atoms with Crippen LogP contribution in [0.5, 0.6) is 0 Å². The van der Waals surface area contributed by atoms with Gasteiger partial charge in [-0.2, -0.15) is 23.4 Å². The van der Waals surface area contributed by atoms with Crippen LogP contribution in [0, 0.1) is 0 Å². The molecule has 0 amide bonds. The third-order valence-corrected chi connectivity index (χ3v) is 0.957. The number of piperazine rings is 1. The molecule has 2 nitrogen and oxygen atoms in total. The number of hydrogen-bond donors (Lipinski definition) is 2. The van der Waals surface area contributed by atoms with Gasteiger partial charge in [-0.15, -0.1) is 0 Å². The zero-order chi connectivity index (χ0) is 4.24. The maximum Gasteiger partial charge on any atom is 0.00772 e. The Hall–Kier alpha value is 0.700. The van der Waals surface area contributed by atoms with Crippen LogP contribution < -0.4 is 10.6 Å². The highest BCUT2D eigenvalue weighted by molar-refractivity contribution is 7.59. The van der Waals surface area contributed by atoms with E-state index in [1.807, 2.05) is 0 Å². The smallest absolute Gasteiger partial charge is 0.00772 e. The highest BCUT2D eigenvalue weighted by Crippen LogP contribution is 1.65.